The molecule has 0 aliphatic carbocycles. The van der Waals surface area contributed by atoms with E-state index in [4.69, 9.17) is 16.6 Å². The second-order valence-electron chi connectivity index (χ2n) is 9.75. The molecule has 4 heterocycles. The molecule has 0 radical (unpaired) electrons. The number of benzene rings is 1. The van der Waals surface area contributed by atoms with Crippen LogP contribution >= 0.6 is 22.9 Å². The number of anilines is 2. The van der Waals surface area contributed by atoms with Crippen LogP contribution in [0.5, 0.6) is 0 Å². The summed E-state index contributed by atoms with van der Waals surface area (Å²) < 4.78 is 1.61. The van der Waals surface area contributed by atoms with Gasteiger partial charge < -0.3 is 15.1 Å². The van der Waals surface area contributed by atoms with Gasteiger partial charge in [-0.1, -0.05) is 23.7 Å². The summed E-state index contributed by atoms with van der Waals surface area (Å²) in [6, 6.07) is 13.3. The molecule has 202 valence electrons. The van der Waals surface area contributed by atoms with Crippen LogP contribution in [0.25, 0.3) is 11.0 Å². The van der Waals surface area contributed by atoms with Crippen LogP contribution in [0.1, 0.15) is 48.6 Å². The van der Waals surface area contributed by atoms with E-state index < -0.39 is 0 Å². The largest absolute Gasteiger partial charge is 0.333 e. The third-order valence-electron chi connectivity index (χ3n) is 7.09. The Bertz CT molecular complexity index is 1570. The maximum Gasteiger partial charge on any atom is 0.268 e. The van der Waals surface area contributed by atoms with Crippen molar-refractivity contribution < 1.29 is 0 Å². The number of likely N-dealkylation sites (tertiary alicyclic amines) is 1. The lowest BCUT2D eigenvalue weighted by Gasteiger charge is -2.30. The number of thiazole rings is 1. The molecule has 1 N–H and O–H groups in total. The summed E-state index contributed by atoms with van der Waals surface area (Å²) in [5.41, 5.74) is 4.59. The lowest BCUT2D eigenvalue weighted by atomic mass is 9.91. The summed E-state index contributed by atoms with van der Waals surface area (Å²) in [6.45, 7) is 8.13. The maximum atomic E-state index is 13.6. The van der Waals surface area contributed by atoms with Crippen LogP contribution in [-0.2, 0) is 6.54 Å². The van der Waals surface area contributed by atoms with Crippen molar-refractivity contribution in [1.29, 1.82) is 0 Å². The van der Waals surface area contributed by atoms with E-state index in [0.29, 0.717) is 28.2 Å². The van der Waals surface area contributed by atoms with E-state index in [9.17, 15) is 4.79 Å². The van der Waals surface area contributed by atoms with E-state index in [1.165, 1.54) is 36.3 Å². The number of piperidine rings is 1. The predicted molar refractivity (Wildman–Crippen MR) is 159 cm³/mol. The predicted octanol–water partition coefficient (Wildman–Crippen LogP) is 5.15. The molecule has 1 atom stereocenters. The van der Waals surface area contributed by atoms with E-state index in [0.717, 1.165) is 35.6 Å². The zero-order chi connectivity index (χ0) is 27.4. The Labute approximate surface area is 237 Å². The second kappa shape index (κ2) is 12.2. The molecule has 3 aromatic heterocycles. The SMILES string of the molecule is CCN(C#Cc1cc2cnc(Nc3ccc(C4CCCN(C)C4)cc3)nc2n(Cc2scnc2Cl)c1=O)CC. The molecule has 1 fully saturated rings. The number of aromatic nitrogens is 4. The number of rotatable bonds is 7. The van der Waals surface area contributed by atoms with Crippen LogP contribution in [0.3, 0.4) is 0 Å². The zero-order valence-electron chi connectivity index (χ0n) is 22.4. The molecular formula is C29H32ClN7OS. The van der Waals surface area contributed by atoms with Crippen molar-refractivity contribution in [3.8, 4) is 12.0 Å². The highest BCUT2D eigenvalue weighted by Gasteiger charge is 2.19. The number of hydrogen-bond acceptors (Lipinski definition) is 8. The first kappa shape index (κ1) is 27.1. The number of likely N-dealkylation sites (N-methyl/N-ethyl adjacent to an activating group) is 1. The summed E-state index contributed by atoms with van der Waals surface area (Å²) in [7, 11) is 2.18. The van der Waals surface area contributed by atoms with E-state index in [2.05, 4.69) is 63.5 Å². The molecule has 1 unspecified atom stereocenters. The number of hydrogen-bond donors (Lipinski definition) is 1. The van der Waals surface area contributed by atoms with Crippen molar-refractivity contribution in [1.82, 2.24) is 29.3 Å². The number of nitrogens with zero attached hydrogens (tertiary/aromatic N) is 6. The Morgan fingerprint density at radius 1 is 1.21 bits per heavy atom. The minimum absolute atomic E-state index is 0.224. The van der Waals surface area contributed by atoms with Crippen LogP contribution in [-0.4, -0.2) is 62.5 Å². The number of fused-ring (bicyclic) bond motifs is 1. The fourth-order valence-corrected chi connectivity index (χ4v) is 5.82. The first-order valence-electron chi connectivity index (χ1n) is 13.3. The summed E-state index contributed by atoms with van der Waals surface area (Å²) in [4.78, 5) is 32.1. The first-order chi connectivity index (χ1) is 18.9. The van der Waals surface area contributed by atoms with Gasteiger partial charge in [0, 0.05) is 42.9 Å². The highest BCUT2D eigenvalue weighted by Crippen LogP contribution is 2.28. The minimum Gasteiger partial charge on any atom is -0.333 e. The first-order valence-corrected chi connectivity index (χ1v) is 14.5. The molecule has 1 aliphatic heterocycles. The Balaban J connectivity index is 1.48. The fraction of sp³-hybridized carbons (Fsp3) is 0.379. The van der Waals surface area contributed by atoms with Gasteiger partial charge in [-0.2, -0.15) is 4.98 Å². The van der Waals surface area contributed by atoms with Crippen LogP contribution in [0.15, 0.2) is 46.8 Å². The van der Waals surface area contributed by atoms with Gasteiger partial charge in [0.05, 0.1) is 22.5 Å². The third kappa shape index (κ3) is 6.25. The lowest BCUT2D eigenvalue weighted by molar-refractivity contribution is 0.251. The summed E-state index contributed by atoms with van der Waals surface area (Å²) >= 11 is 7.69. The summed E-state index contributed by atoms with van der Waals surface area (Å²) in [6.07, 6.45) is 4.17. The Morgan fingerprint density at radius 2 is 2.00 bits per heavy atom. The molecule has 4 aromatic rings. The molecule has 8 nitrogen and oxygen atoms in total. The Hall–Kier alpha value is -3.45. The quantitative estimate of drug-likeness (QED) is 0.247. The average molecular weight is 562 g/mol. The van der Waals surface area contributed by atoms with Gasteiger partial charge in [0.25, 0.3) is 5.56 Å². The Kier molecular flexibility index (Phi) is 8.46. The van der Waals surface area contributed by atoms with Gasteiger partial charge in [-0.15, -0.1) is 11.3 Å². The minimum atomic E-state index is -0.224. The van der Waals surface area contributed by atoms with Crippen molar-refractivity contribution in [3.05, 3.63) is 73.6 Å². The van der Waals surface area contributed by atoms with E-state index in [1.807, 2.05) is 18.7 Å². The Morgan fingerprint density at radius 3 is 2.69 bits per heavy atom. The molecule has 0 saturated carbocycles. The van der Waals surface area contributed by atoms with Crippen molar-refractivity contribution in [2.45, 2.75) is 39.2 Å². The van der Waals surface area contributed by atoms with E-state index in [1.54, 1.807) is 22.3 Å². The molecule has 0 spiro atoms. The zero-order valence-corrected chi connectivity index (χ0v) is 24.0. The number of nitrogens with one attached hydrogen (secondary N) is 1. The van der Waals surface area contributed by atoms with E-state index in [-0.39, 0.29) is 12.1 Å². The highest BCUT2D eigenvalue weighted by atomic mass is 35.5. The molecule has 1 saturated heterocycles. The van der Waals surface area contributed by atoms with Gasteiger partial charge in [0.1, 0.15) is 10.8 Å². The second-order valence-corrected chi connectivity index (χ2v) is 11.0. The molecule has 1 aliphatic rings. The standard InChI is InChI=1S/C29H32ClN7OS/c1-4-36(5-2)14-12-21-15-23-16-31-29(34-27(23)37(28(21)38)18-25-26(30)32-19-39-25)33-24-10-8-20(9-11-24)22-7-6-13-35(3)17-22/h8-11,15-16,19,22H,4-7,13,17-18H2,1-3H3,(H,31,33,34). The van der Waals surface area contributed by atoms with Crippen molar-refractivity contribution >= 4 is 45.6 Å². The van der Waals surface area contributed by atoms with Gasteiger partial charge >= 0.3 is 0 Å². The van der Waals surface area contributed by atoms with Crippen LogP contribution in [0.2, 0.25) is 5.15 Å². The third-order valence-corrected chi connectivity index (χ3v) is 8.35. The van der Waals surface area contributed by atoms with Gasteiger partial charge in [-0.05, 0) is 75.9 Å². The van der Waals surface area contributed by atoms with Gasteiger partial charge in [-0.3, -0.25) is 9.36 Å². The molecular weight excluding hydrogens is 530 g/mol. The van der Waals surface area contributed by atoms with Gasteiger partial charge in [0.2, 0.25) is 5.95 Å². The topological polar surface area (TPSA) is 79.2 Å². The molecule has 0 amide bonds. The lowest BCUT2D eigenvalue weighted by Crippen LogP contribution is -2.30. The molecule has 1 aromatic carbocycles. The van der Waals surface area contributed by atoms with Crippen LogP contribution < -0.4 is 10.9 Å². The summed E-state index contributed by atoms with van der Waals surface area (Å²) in [5, 5.41) is 4.41. The molecule has 5 rings (SSSR count). The normalized spacial score (nSPS) is 15.6. The van der Waals surface area contributed by atoms with Crippen molar-refractivity contribution in [2.24, 2.45) is 0 Å². The summed E-state index contributed by atoms with van der Waals surface area (Å²) in [5.74, 6) is 4.03. The molecule has 0 bridgehead atoms. The fourth-order valence-electron chi connectivity index (χ4n) is 4.89. The van der Waals surface area contributed by atoms with Crippen molar-refractivity contribution in [2.75, 3.05) is 38.5 Å². The average Bonchev–Trinajstić information content (AvgIpc) is 3.36. The van der Waals surface area contributed by atoms with Crippen LogP contribution in [0, 0.1) is 12.0 Å². The molecule has 10 heteroatoms. The molecule has 39 heavy (non-hydrogen) atoms. The van der Waals surface area contributed by atoms with Crippen LogP contribution in [0.4, 0.5) is 11.6 Å². The van der Waals surface area contributed by atoms with Gasteiger partial charge in [0.15, 0.2) is 0 Å². The maximum absolute atomic E-state index is 13.6. The van der Waals surface area contributed by atoms with Crippen molar-refractivity contribution in [3.63, 3.8) is 0 Å². The van der Waals surface area contributed by atoms with Gasteiger partial charge in [-0.25, -0.2) is 9.97 Å². The smallest absolute Gasteiger partial charge is 0.268 e. The number of pyridine rings is 1. The van der Waals surface area contributed by atoms with E-state index >= 15 is 0 Å². The number of halogens is 1. The highest BCUT2D eigenvalue weighted by molar-refractivity contribution is 7.10. The monoisotopic (exact) mass is 561 g/mol.